The molecule has 5 nitrogen and oxygen atoms in total. The largest absolute Gasteiger partial charge is 0.484 e. The van der Waals surface area contributed by atoms with Crippen molar-refractivity contribution in [3.63, 3.8) is 0 Å². The van der Waals surface area contributed by atoms with Crippen molar-refractivity contribution in [1.29, 1.82) is 0 Å². The minimum Gasteiger partial charge on any atom is -0.484 e. The first-order valence-electron chi connectivity index (χ1n) is 10.4. The molecule has 1 saturated heterocycles. The topological polar surface area (TPSA) is 58.6 Å². The first-order chi connectivity index (χ1) is 14.0. The molecule has 0 spiro atoms. The SMILES string of the molecule is CCC(=O)c1ccc(OCC(=O)N[C@@H]2CCN(Cc3ccccc3)[C@H](C)C2)cc1. The van der Waals surface area contributed by atoms with E-state index in [1.807, 2.05) is 13.0 Å². The number of amides is 1. The molecule has 1 aliphatic heterocycles. The van der Waals surface area contributed by atoms with E-state index in [9.17, 15) is 9.59 Å². The normalized spacial score (nSPS) is 19.5. The van der Waals surface area contributed by atoms with Gasteiger partial charge in [-0.05, 0) is 49.6 Å². The van der Waals surface area contributed by atoms with Crippen molar-refractivity contribution in [2.45, 2.75) is 51.7 Å². The van der Waals surface area contributed by atoms with Crippen LogP contribution in [0.4, 0.5) is 0 Å². The van der Waals surface area contributed by atoms with E-state index < -0.39 is 0 Å². The highest BCUT2D eigenvalue weighted by atomic mass is 16.5. The molecule has 2 aromatic carbocycles. The third kappa shape index (κ3) is 6.16. The van der Waals surface area contributed by atoms with Gasteiger partial charge >= 0.3 is 0 Å². The van der Waals surface area contributed by atoms with Crippen LogP contribution in [0.1, 0.15) is 49.0 Å². The minimum absolute atomic E-state index is 0.0142. The lowest BCUT2D eigenvalue weighted by atomic mass is 9.97. The summed E-state index contributed by atoms with van der Waals surface area (Å²) in [6.45, 7) is 5.96. The summed E-state index contributed by atoms with van der Waals surface area (Å²) in [4.78, 5) is 26.4. The third-order valence-corrected chi connectivity index (χ3v) is 5.47. The van der Waals surface area contributed by atoms with Gasteiger partial charge in [0.05, 0.1) is 0 Å². The number of nitrogens with one attached hydrogen (secondary N) is 1. The van der Waals surface area contributed by atoms with Crippen molar-refractivity contribution in [3.8, 4) is 5.75 Å². The molecule has 29 heavy (non-hydrogen) atoms. The van der Waals surface area contributed by atoms with Crippen LogP contribution in [0.5, 0.6) is 5.75 Å². The summed E-state index contributed by atoms with van der Waals surface area (Å²) in [6, 6.07) is 18.0. The van der Waals surface area contributed by atoms with Crippen molar-refractivity contribution >= 4 is 11.7 Å². The van der Waals surface area contributed by atoms with Gasteiger partial charge in [0.2, 0.25) is 0 Å². The fourth-order valence-electron chi connectivity index (χ4n) is 3.76. The average Bonchev–Trinajstić information content (AvgIpc) is 2.75. The van der Waals surface area contributed by atoms with Crippen molar-refractivity contribution in [1.82, 2.24) is 10.2 Å². The Kier molecular flexibility index (Phi) is 7.42. The number of hydrogen-bond donors (Lipinski definition) is 1. The quantitative estimate of drug-likeness (QED) is 0.692. The van der Waals surface area contributed by atoms with E-state index in [4.69, 9.17) is 4.74 Å². The van der Waals surface area contributed by atoms with Crippen LogP contribution in [-0.2, 0) is 11.3 Å². The highest BCUT2D eigenvalue weighted by Crippen LogP contribution is 2.20. The number of hydrogen-bond acceptors (Lipinski definition) is 4. The molecule has 2 atom stereocenters. The smallest absolute Gasteiger partial charge is 0.258 e. The Morgan fingerprint density at radius 1 is 1.10 bits per heavy atom. The first-order valence-corrected chi connectivity index (χ1v) is 10.4. The summed E-state index contributed by atoms with van der Waals surface area (Å²) >= 11 is 0. The number of carbonyl (C=O) groups excluding carboxylic acids is 2. The van der Waals surface area contributed by atoms with Crippen LogP contribution >= 0.6 is 0 Å². The van der Waals surface area contributed by atoms with Gasteiger partial charge < -0.3 is 10.1 Å². The number of ketones is 1. The molecule has 1 heterocycles. The van der Waals surface area contributed by atoms with Crippen molar-refractivity contribution in [2.75, 3.05) is 13.2 Å². The Labute approximate surface area is 173 Å². The molecule has 154 valence electrons. The summed E-state index contributed by atoms with van der Waals surface area (Å²) in [6.07, 6.45) is 2.36. The van der Waals surface area contributed by atoms with Gasteiger partial charge in [0.1, 0.15) is 5.75 Å². The Morgan fingerprint density at radius 2 is 1.83 bits per heavy atom. The van der Waals surface area contributed by atoms with Crippen LogP contribution in [0.3, 0.4) is 0 Å². The van der Waals surface area contributed by atoms with E-state index in [2.05, 4.69) is 41.4 Å². The molecular weight excluding hydrogens is 364 g/mol. The molecular formula is C24H30N2O3. The van der Waals surface area contributed by atoms with Crippen molar-refractivity contribution in [2.24, 2.45) is 0 Å². The van der Waals surface area contributed by atoms with Gasteiger partial charge in [0.15, 0.2) is 12.4 Å². The van der Waals surface area contributed by atoms with E-state index in [1.165, 1.54) is 5.56 Å². The first kappa shape index (κ1) is 21.1. The Morgan fingerprint density at radius 3 is 2.48 bits per heavy atom. The van der Waals surface area contributed by atoms with Gasteiger partial charge in [-0.25, -0.2) is 0 Å². The Bertz CT molecular complexity index is 805. The van der Waals surface area contributed by atoms with Crippen LogP contribution in [-0.4, -0.2) is 41.8 Å². The Hall–Kier alpha value is -2.66. The maximum atomic E-state index is 12.3. The van der Waals surface area contributed by atoms with Gasteiger partial charge in [-0.15, -0.1) is 0 Å². The highest BCUT2D eigenvalue weighted by molar-refractivity contribution is 5.95. The zero-order valence-electron chi connectivity index (χ0n) is 17.3. The lowest BCUT2D eigenvalue weighted by Gasteiger charge is -2.38. The number of likely N-dealkylation sites (tertiary alicyclic amines) is 1. The molecule has 0 bridgehead atoms. The number of benzene rings is 2. The number of carbonyl (C=O) groups is 2. The lowest BCUT2D eigenvalue weighted by Crippen LogP contribution is -2.49. The van der Waals surface area contributed by atoms with E-state index in [0.29, 0.717) is 23.8 Å². The molecule has 0 aliphatic carbocycles. The molecule has 0 aromatic heterocycles. The fourth-order valence-corrected chi connectivity index (χ4v) is 3.76. The number of ether oxygens (including phenoxy) is 1. The van der Waals surface area contributed by atoms with E-state index >= 15 is 0 Å². The fraction of sp³-hybridized carbons (Fsp3) is 0.417. The maximum absolute atomic E-state index is 12.3. The van der Waals surface area contributed by atoms with Crippen molar-refractivity contribution < 1.29 is 14.3 Å². The maximum Gasteiger partial charge on any atom is 0.258 e. The number of rotatable bonds is 8. The van der Waals surface area contributed by atoms with Crippen LogP contribution in [0, 0.1) is 0 Å². The predicted octanol–water partition coefficient (Wildman–Crippen LogP) is 3.83. The Balaban J connectivity index is 1.41. The number of nitrogens with zero attached hydrogens (tertiary/aromatic N) is 1. The second-order valence-electron chi connectivity index (χ2n) is 7.68. The van der Waals surface area contributed by atoms with Crippen LogP contribution in [0.2, 0.25) is 0 Å². The summed E-state index contributed by atoms with van der Waals surface area (Å²) < 4.78 is 5.57. The zero-order valence-corrected chi connectivity index (χ0v) is 17.3. The van der Waals surface area contributed by atoms with Crippen LogP contribution in [0.25, 0.3) is 0 Å². The summed E-state index contributed by atoms with van der Waals surface area (Å²) in [5.41, 5.74) is 1.99. The van der Waals surface area contributed by atoms with E-state index in [1.54, 1.807) is 24.3 Å². The van der Waals surface area contributed by atoms with E-state index in [0.717, 1.165) is 25.9 Å². The van der Waals surface area contributed by atoms with Crippen LogP contribution in [0.15, 0.2) is 54.6 Å². The van der Waals surface area contributed by atoms with Gasteiger partial charge in [0, 0.05) is 37.2 Å². The second-order valence-corrected chi connectivity index (χ2v) is 7.68. The van der Waals surface area contributed by atoms with Gasteiger partial charge in [-0.2, -0.15) is 0 Å². The molecule has 5 heteroatoms. The number of piperidine rings is 1. The standard InChI is InChI=1S/C24H30N2O3/c1-3-23(27)20-9-11-22(12-10-20)29-17-24(28)25-21-13-14-26(18(2)15-21)16-19-7-5-4-6-8-19/h4-12,18,21H,3,13-17H2,1-2H3,(H,25,28)/t18-,21-/m1/s1. The van der Waals surface area contributed by atoms with Gasteiger partial charge in [-0.1, -0.05) is 37.3 Å². The minimum atomic E-state index is -0.104. The third-order valence-electron chi connectivity index (χ3n) is 5.47. The monoisotopic (exact) mass is 394 g/mol. The molecule has 1 fully saturated rings. The molecule has 0 unspecified atom stereocenters. The molecule has 2 aromatic rings. The number of Topliss-reactive ketones (excluding diaryl/α,β-unsaturated/α-hetero) is 1. The summed E-state index contributed by atoms with van der Waals surface area (Å²) in [5.74, 6) is 0.591. The lowest BCUT2D eigenvalue weighted by molar-refractivity contribution is -0.124. The summed E-state index contributed by atoms with van der Waals surface area (Å²) in [5, 5.41) is 3.10. The molecule has 1 aliphatic rings. The average molecular weight is 395 g/mol. The van der Waals surface area contributed by atoms with Crippen LogP contribution < -0.4 is 10.1 Å². The van der Waals surface area contributed by atoms with Gasteiger partial charge in [-0.3, -0.25) is 14.5 Å². The molecule has 0 radical (unpaired) electrons. The predicted molar refractivity (Wildman–Crippen MR) is 114 cm³/mol. The molecule has 1 N–H and O–H groups in total. The molecule has 3 rings (SSSR count). The highest BCUT2D eigenvalue weighted by Gasteiger charge is 2.26. The molecule has 1 amide bonds. The second kappa shape index (κ2) is 10.2. The zero-order chi connectivity index (χ0) is 20.6. The summed E-state index contributed by atoms with van der Waals surface area (Å²) in [7, 11) is 0. The van der Waals surface area contributed by atoms with Crippen molar-refractivity contribution in [3.05, 3.63) is 65.7 Å². The molecule has 0 saturated carbocycles. The van der Waals surface area contributed by atoms with Gasteiger partial charge in [0.25, 0.3) is 5.91 Å². The van der Waals surface area contributed by atoms with E-state index in [-0.39, 0.29) is 24.3 Å².